The Morgan fingerprint density at radius 1 is 0.812 bits per heavy atom. The average molecular weight is 229 g/mol. The van der Waals surface area contributed by atoms with Gasteiger partial charge in [-0.2, -0.15) is 0 Å². The molecule has 0 amide bonds. The SMILES string of the molecule is [N-]=[N+]=N[PH2](c1ccccc1)c1ccccc1. The molecule has 16 heavy (non-hydrogen) atoms. The molecule has 0 radical (unpaired) electrons. The molecule has 80 valence electrons. The zero-order chi connectivity index (χ0) is 11.2. The van der Waals surface area contributed by atoms with Crippen LogP contribution in [0.25, 0.3) is 10.4 Å². The van der Waals surface area contributed by atoms with E-state index in [1.807, 2.05) is 60.7 Å². The Bertz CT molecular complexity index is 453. The van der Waals surface area contributed by atoms with Gasteiger partial charge in [-0.3, -0.25) is 0 Å². The van der Waals surface area contributed by atoms with Gasteiger partial charge in [0, 0.05) is 0 Å². The first-order valence-corrected chi connectivity index (χ1v) is 6.73. The second-order valence-electron chi connectivity index (χ2n) is 3.43. The first-order valence-electron chi connectivity index (χ1n) is 5.06. The molecule has 4 heteroatoms. The third kappa shape index (κ3) is 2.40. The standard InChI is InChI=1S/C12H12N3P/c13-14-15-16(11-7-3-1-4-8-11)12-9-5-2-6-10-12/h1-10H,16H2. The Balaban J connectivity index is 2.43. The summed E-state index contributed by atoms with van der Waals surface area (Å²) in [6, 6.07) is 20.0. The number of rotatable bonds is 3. The Hall–Kier alpha value is -1.82. The van der Waals surface area contributed by atoms with E-state index in [9.17, 15) is 0 Å². The minimum absolute atomic E-state index is 1.14. The van der Waals surface area contributed by atoms with Crippen LogP contribution in [0.3, 0.4) is 0 Å². The molecule has 2 aromatic rings. The van der Waals surface area contributed by atoms with Crippen LogP contribution in [0.2, 0.25) is 0 Å². The van der Waals surface area contributed by atoms with E-state index in [0.29, 0.717) is 0 Å². The zero-order valence-electron chi connectivity index (χ0n) is 8.69. The summed E-state index contributed by atoms with van der Waals surface area (Å²) in [5.74, 6) is 0. The van der Waals surface area contributed by atoms with Gasteiger partial charge in [-0.05, 0) is 0 Å². The molecule has 0 N–H and O–H groups in total. The third-order valence-electron chi connectivity index (χ3n) is 2.40. The number of hydrogen-bond donors (Lipinski definition) is 0. The summed E-state index contributed by atoms with van der Waals surface area (Å²) in [5.41, 5.74) is 8.65. The van der Waals surface area contributed by atoms with E-state index >= 15 is 0 Å². The predicted molar refractivity (Wildman–Crippen MR) is 71.0 cm³/mol. The first kappa shape index (κ1) is 10.7. The number of nitrogens with zero attached hydrogens (tertiary/aromatic N) is 3. The Labute approximate surface area is 95.2 Å². The maximum absolute atomic E-state index is 8.65. The van der Waals surface area contributed by atoms with Crippen LogP contribution in [0.5, 0.6) is 0 Å². The van der Waals surface area contributed by atoms with Crippen molar-refractivity contribution >= 4 is 18.7 Å². The predicted octanol–water partition coefficient (Wildman–Crippen LogP) is 2.81. The molecule has 0 saturated carbocycles. The van der Waals surface area contributed by atoms with Crippen molar-refractivity contribution in [3.63, 3.8) is 0 Å². The topological polar surface area (TPSA) is 48.8 Å². The molecule has 2 aromatic carbocycles. The second kappa shape index (κ2) is 5.32. The molecule has 3 nitrogen and oxygen atoms in total. The second-order valence-corrected chi connectivity index (χ2v) is 5.80. The van der Waals surface area contributed by atoms with Gasteiger partial charge < -0.3 is 0 Å². The molecule has 0 saturated heterocycles. The van der Waals surface area contributed by atoms with Gasteiger partial charge in [0.1, 0.15) is 0 Å². The Morgan fingerprint density at radius 3 is 1.62 bits per heavy atom. The Morgan fingerprint density at radius 2 is 1.25 bits per heavy atom. The molecule has 0 bridgehead atoms. The minimum atomic E-state index is -1.74. The monoisotopic (exact) mass is 229 g/mol. The summed E-state index contributed by atoms with van der Waals surface area (Å²) in [4.78, 5) is 6.96. The van der Waals surface area contributed by atoms with Gasteiger partial charge in [0.15, 0.2) is 0 Å². The van der Waals surface area contributed by atoms with Crippen LogP contribution in [0, 0.1) is 0 Å². The van der Waals surface area contributed by atoms with Crippen molar-refractivity contribution in [3.05, 3.63) is 71.1 Å². The van der Waals surface area contributed by atoms with Gasteiger partial charge in [0.05, 0.1) is 0 Å². The fourth-order valence-electron chi connectivity index (χ4n) is 1.65. The third-order valence-corrected chi connectivity index (χ3v) is 4.76. The molecule has 0 fully saturated rings. The summed E-state index contributed by atoms with van der Waals surface area (Å²) >= 11 is 0. The molecular weight excluding hydrogens is 217 g/mol. The molecular formula is C12H12N3P. The van der Waals surface area contributed by atoms with Gasteiger partial charge in [-0.15, -0.1) is 0 Å². The van der Waals surface area contributed by atoms with Crippen LogP contribution in [0.4, 0.5) is 0 Å². The van der Waals surface area contributed by atoms with Crippen LogP contribution in [0.1, 0.15) is 0 Å². The van der Waals surface area contributed by atoms with E-state index in [-0.39, 0.29) is 0 Å². The van der Waals surface area contributed by atoms with Crippen molar-refractivity contribution in [1.29, 1.82) is 0 Å². The van der Waals surface area contributed by atoms with Gasteiger partial charge in [0.25, 0.3) is 0 Å². The molecule has 0 aliphatic rings. The summed E-state index contributed by atoms with van der Waals surface area (Å²) in [7, 11) is -1.74. The molecule has 0 aliphatic carbocycles. The summed E-state index contributed by atoms with van der Waals surface area (Å²) in [5, 5.41) is 2.29. The van der Waals surface area contributed by atoms with E-state index in [1.165, 1.54) is 0 Å². The van der Waals surface area contributed by atoms with E-state index in [0.717, 1.165) is 10.6 Å². The van der Waals surface area contributed by atoms with Crippen LogP contribution in [0.15, 0.2) is 65.5 Å². The normalized spacial score (nSPS) is 10.4. The van der Waals surface area contributed by atoms with Gasteiger partial charge in [-0.1, -0.05) is 0 Å². The molecule has 0 aliphatic heterocycles. The van der Waals surface area contributed by atoms with Crippen molar-refractivity contribution in [2.45, 2.75) is 0 Å². The van der Waals surface area contributed by atoms with Crippen LogP contribution >= 0.6 is 8.07 Å². The van der Waals surface area contributed by atoms with Gasteiger partial charge in [-0.25, -0.2) is 0 Å². The van der Waals surface area contributed by atoms with E-state index in [2.05, 4.69) is 9.80 Å². The van der Waals surface area contributed by atoms with E-state index in [4.69, 9.17) is 5.53 Å². The fourth-order valence-corrected chi connectivity index (χ4v) is 3.58. The van der Waals surface area contributed by atoms with Crippen molar-refractivity contribution in [3.8, 4) is 0 Å². The number of benzene rings is 2. The molecule has 0 unspecified atom stereocenters. The van der Waals surface area contributed by atoms with E-state index < -0.39 is 8.07 Å². The molecule has 0 spiro atoms. The summed E-state index contributed by atoms with van der Waals surface area (Å²) in [6.07, 6.45) is 0. The van der Waals surface area contributed by atoms with Gasteiger partial charge in [0.2, 0.25) is 0 Å². The van der Waals surface area contributed by atoms with E-state index in [1.54, 1.807) is 0 Å². The number of azide groups is 1. The summed E-state index contributed by atoms with van der Waals surface area (Å²) in [6.45, 7) is 0. The molecule has 0 atom stereocenters. The van der Waals surface area contributed by atoms with Crippen LogP contribution in [-0.2, 0) is 0 Å². The zero-order valence-corrected chi connectivity index (χ0v) is 9.85. The Kier molecular flexibility index (Phi) is 3.55. The quantitative estimate of drug-likeness (QED) is 0.336. The average Bonchev–Trinajstić information content (AvgIpc) is 2.38. The fraction of sp³-hybridized carbons (Fsp3) is 0. The maximum atomic E-state index is 8.65. The van der Waals surface area contributed by atoms with Crippen molar-refractivity contribution < 1.29 is 0 Å². The summed E-state index contributed by atoms with van der Waals surface area (Å²) < 4.78 is 0. The first-order chi connectivity index (χ1) is 7.92. The van der Waals surface area contributed by atoms with Crippen LogP contribution < -0.4 is 10.6 Å². The molecule has 0 aromatic heterocycles. The number of hydrogen-bond acceptors (Lipinski definition) is 1. The van der Waals surface area contributed by atoms with Crippen molar-refractivity contribution in [2.75, 3.05) is 0 Å². The van der Waals surface area contributed by atoms with Gasteiger partial charge >= 0.3 is 94.7 Å². The molecule has 2 rings (SSSR count). The van der Waals surface area contributed by atoms with Crippen molar-refractivity contribution in [2.24, 2.45) is 4.88 Å². The molecule has 0 heterocycles. The van der Waals surface area contributed by atoms with Crippen molar-refractivity contribution in [1.82, 2.24) is 0 Å². The van der Waals surface area contributed by atoms with Crippen LogP contribution in [-0.4, -0.2) is 0 Å².